The van der Waals surface area contributed by atoms with Crippen LogP contribution >= 0.6 is 11.8 Å². The number of alkyl halides is 3. The van der Waals surface area contributed by atoms with E-state index in [-0.39, 0.29) is 23.5 Å². The molecule has 102 valence electrons. The van der Waals surface area contributed by atoms with Gasteiger partial charge in [0.05, 0.1) is 6.61 Å². The molecule has 0 radical (unpaired) electrons. The van der Waals surface area contributed by atoms with Crippen LogP contribution in [0.15, 0.2) is 0 Å². The van der Waals surface area contributed by atoms with Crippen molar-refractivity contribution in [3.63, 3.8) is 0 Å². The third-order valence-corrected chi connectivity index (χ3v) is 2.92. The predicted octanol–water partition coefficient (Wildman–Crippen LogP) is 4.14. The highest BCUT2D eigenvalue weighted by molar-refractivity contribution is 8.00. The van der Waals surface area contributed by atoms with Crippen molar-refractivity contribution >= 4 is 17.7 Å². The van der Waals surface area contributed by atoms with Gasteiger partial charge in [-0.05, 0) is 19.8 Å². The molecular weight excluding hydrogens is 253 g/mol. The molecule has 0 aromatic heterocycles. The topological polar surface area (TPSA) is 26.3 Å². The van der Waals surface area contributed by atoms with Crippen molar-refractivity contribution in [2.45, 2.75) is 51.0 Å². The number of halogens is 3. The normalized spacial score (nSPS) is 11.5. The molecule has 0 saturated carbocycles. The highest BCUT2D eigenvalue weighted by atomic mass is 32.2. The number of unbranched alkanes of at least 4 members (excludes halogenated alkanes) is 4. The zero-order valence-corrected chi connectivity index (χ0v) is 10.8. The first kappa shape index (κ1) is 16.6. The van der Waals surface area contributed by atoms with Crippen LogP contribution in [-0.2, 0) is 9.53 Å². The van der Waals surface area contributed by atoms with Gasteiger partial charge in [-0.1, -0.05) is 31.0 Å². The lowest BCUT2D eigenvalue weighted by atomic mass is 10.1. The highest BCUT2D eigenvalue weighted by Crippen LogP contribution is 2.30. The smallest absolute Gasteiger partial charge is 0.441 e. The molecule has 0 bridgehead atoms. The molecule has 0 rings (SSSR count). The second-order valence-corrected chi connectivity index (χ2v) is 4.78. The molecule has 0 aliphatic carbocycles. The lowest BCUT2D eigenvalue weighted by Gasteiger charge is -2.05. The quantitative estimate of drug-likeness (QED) is 0.466. The van der Waals surface area contributed by atoms with E-state index >= 15 is 0 Å². The number of esters is 1. The summed E-state index contributed by atoms with van der Waals surface area (Å²) in [5.41, 5.74) is -4.11. The summed E-state index contributed by atoms with van der Waals surface area (Å²) in [7, 11) is 0. The minimum Gasteiger partial charge on any atom is -0.466 e. The van der Waals surface area contributed by atoms with E-state index in [2.05, 4.69) is 0 Å². The molecule has 0 heterocycles. The molecule has 17 heavy (non-hydrogen) atoms. The van der Waals surface area contributed by atoms with Gasteiger partial charge in [-0.25, -0.2) is 0 Å². The Kier molecular flexibility index (Phi) is 9.40. The molecule has 0 aromatic rings. The minimum atomic E-state index is -4.11. The van der Waals surface area contributed by atoms with Crippen LogP contribution in [0.25, 0.3) is 0 Å². The van der Waals surface area contributed by atoms with Gasteiger partial charge in [0.2, 0.25) is 0 Å². The number of rotatable bonds is 9. The predicted molar refractivity (Wildman–Crippen MR) is 62.8 cm³/mol. The Hall–Kier alpha value is -0.390. The van der Waals surface area contributed by atoms with Crippen LogP contribution in [0.3, 0.4) is 0 Å². The largest absolute Gasteiger partial charge is 0.466 e. The second-order valence-electron chi connectivity index (χ2n) is 3.62. The fraction of sp³-hybridized carbons (Fsp3) is 0.909. The van der Waals surface area contributed by atoms with Crippen LogP contribution in [0.2, 0.25) is 0 Å². The van der Waals surface area contributed by atoms with Gasteiger partial charge in [-0.2, -0.15) is 13.2 Å². The van der Waals surface area contributed by atoms with Crippen molar-refractivity contribution in [1.29, 1.82) is 0 Å². The zero-order chi connectivity index (χ0) is 13.1. The van der Waals surface area contributed by atoms with Gasteiger partial charge in [0.25, 0.3) is 0 Å². The Labute approximate surface area is 104 Å². The van der Waals surface area contributed by atoms with Crippen molar-refractivity contribution in [3.8, 4) is 0 Å². The van der Waals surface area contributed by atoms with E-state index in [0.717, 1.165) is 25.7 Å². The molecule has 0 saturated heterocycles. The minimum absolute atomic E-state index is 0.0347. The maximum atomic E-state index is 11.8. The van der Waals surface area contributed by atoms with E-state index in [4.69, 9.17) is 4.74 Å². The number of carbonyl (C=O) groups is 1. The summed E-state index contributed by atoms with van der Waals surface area (Å²) in [5, 5.41) is 0. The summed E-state index contributed by atoms with van der Waals surface area (Å²) in [4.78, 5) is 10.9. The molecule has 0 aromatic carbocycles. The molecule has 0 aliphatic heterocycles. The highest BCUT2D eigenvalue weighted by Gasteiger charge is 2.27. The first-order valence-electron chi connectivity index (χ1n) is 5.82. The molecular formula is C11H19F3O2S. The zero-order valence-electron chi connectivity index (χ0n) is 10.0. The standard InChI is InChI=1S/C11H19F3O2S/c1-2-16-10(15)8-6-4-3-5-7-9-17-11(12,13)14/h2-9H2,1H3. The Bertz CT molecular complexity index is 207. The molecule has 0 amide bonds. The number of hydrogen-bond donors (Lipinski definition) is 0. The third-order valence-electron chi connectivity index (χ3n) is 2.10. The van der Waals surface area contributed by atoms with Crippen LogP contribution < -0.4 is 0 Å². The molecule has 2 nitrogen and oxygen atoms in total. The van der Waals surface area contributed by atoms with Crippen molar-refractivity contribution in [2.24, 2.45) is 0 Å². The van der Waals surface area contributed by atoms with Crippen LogP contribution in [0.4, 0.5) is 13.2 Å². The van der Waals surface area contributed by atoms with E-state index in [1.165, 1.54) is 0 Å². The maximum Gasteiger partial charge on any atom is 0.441 e. The fourth-order valence-corrected chi connectivity index (χ4v) is 1.90. The average Bonchev–Trinajstić information content (AvgIpc) is 2.21. The van der Waals surface area contributed by atoms with E-state index in [1.807, 2.05) is 0 Å². The number of hydrogen-bond acceptors (Lipinski definition) is 3. The summed E-state index contributed by atoms with van der Waals surface area (Å²) in [5.74, 6) is -0.0680. The van der Waals surface area contributed by atoms with E-state index in [1.54, 1.807) is 6.92 Å². The molecule has 0 aliphatic rings. The lowest BCUT2D eigenvalue weighted by molar-refractivity contribution is -0.143. The second kappa shape index (κ2) is 9.62. The van der Waals surface area contributed by atoms with Crippen LogP contribution in [0.1, 0.15) is 45.4 Å². The Morgan fingerprint density at radius 2 is 1.71 bits per heavy atom. The average molecular weight is 272 g/mol. The van der Waals surface area contributed by atoms with Gasteiger partial charge in [-0.15, -0.1) is 0 Å². The van der Waals surface area contributed by atoms with Gasteiger partial charge < -0.3 is 4.74 Å². The lowest BCUT2D eigenvalue weighted by Crippen LogP contribution is -2.03. The summed E-state index contributed by atoms with van der Waals surface area (Å²) in [6, 6.07) is 0. The van der Waals surface area contributed by atoms with E-state index < -0.39 is 5.51 Å². The van der Waals surface area contributed by atoms with Crippen LogP contribution in [0, 0.1) is 0 Å². The van der Waals surface area contributed by atoms with Crippen molar-refractivity contribution in [2.75, 3.05) is 12.4 Å². The first-order valence-corrected chi connectivity index (χ1v) is 6.80. The monoisotopic (exact) mass is 272 g/mol. The van der Waals surface area contributed by atoms with Gasteiger partial charge in [0.1, 0.15) is 0 Å². The summed E-state index contributed by atoms with van der Waals surface area (Å²) in [6.45, 7) is 2.16. The van der Waals surface area contributed by atoms with Crippen LogP contribution in [0.5, 0.6) is 0 Å². The fourth-order valence-electron chi connectivity index (χ4n) is 1.32. The van der Waals surface area contributed by atoms with Crippen molar-refractivity contribution < 1.29 is 22.7 Å². The molecule has 0 spiro atoms. The Morgan fingerprint density at radius 3 is 2.29 bits per heavy atom. The van der Waals surface area contributed by atoms with Crippen molar-refractivity contribution in [3.05, 3.63) is 0 Å². The van der Waals surface area contributed by atoms with Crippen LogP contribution in [-0.4, -0.2) is 23.8 Å². The van der Waals surface area contributed by atoms with Gasteiger partial charge >= 0.3 is 11.5 Å². The molecule has 0 fully saturated rings. The number of carbonyl (C=O) groups excluding carboxylic acids is 1. The Balaban J connectivity index is 3.16. The van der Waals surface area contributed by atoms with E-state index in [0.29, 0.717) is 19.4 Å². The number of thioether (sulfide) groups is 1. The summed E-state index contributed by atoms with van der Waals surface area (Å²) >= 11 is 0.0347. The molecule has 6 heteroatoms. The molecule has 0 N–H and O–H groups in total. The Morgan fingerprint density at radius 1 is 1.12 bits per heavy atom. The van der Waals surface area contributed by atoms with Crippen molar-refractivity contribution in [1.82, 2.24) is 0 Å². The number of ether oxygens (including phenoxy) is 1. The van der Waals surface area contributed by atoms with Gasteiger partial charge in [0, 0.05) is 12.2 Å². The summed E-state index contributed by atoms with van der Waals surface area (Å²) < 4.78 is 40.0. The molecule has 0 unspecified atom stereocenters. The SMILES string of the molecule is CCOC(=O)CCCCCCCSC(F)(F)F. The third kappa shape index (κ3) is 13.5. The van der Waals surface area contributed by atoms with Gasteiger partial charge in [-0.3, -0.25) is 4.79 Å². The first-order chi connectivity index (χ1) is 7.95. The molecule has 0 atom stereocenters. The van der Waals surface area contributed by atoms with E-state index in [9.17, 15) is 18.0 Å². The summed E-state index contributed by atoms with van der Waals surface area (Å²) in [6.07, 6.45) is 4.26. The maximum absolute atomic E-state index is 11.8. The van der Waals surface area contributed by atoms with Gasteiger partial charge in [0.15, 0.2) is 0 Å².